The molecular formula is C12H12N2O2. The number of benzene rings is 1. The number of hydrogen-bond acceptors (Lipinski definition) is 3. The third kappa shape index (κ3) is 2.28. The molecule has 0 saturated carbocycles. The summed E-state index contributed by atoms with van der Waals surface area (Å²) in [6, 6.07) is 6.53. The number of nitro groups is 1. The standard InChI is InChI=1S/C12H12N2O2/c15-14(16)12-7-5-11(6-8-12)13-9-3-1-2-4-10-13/h3-10H,1-2H2. The van der Waals surface area contributed by atoms with Gasteiger partial charge in [0.1, 0.15) is 0 Å². The molecule has 0 amide bonds. The third-order valence-electron chi connectivity index (χ3n) is 2.39. The summed E-state index contributed by atoms with van der Waals surface area (Å²) < 4.78 is 0. The van der Waals surface area contributed by atoms with E-state index in [2.05, 4.69) is 12.2 Å². The van der Waals surface area contributed by atoms with Gasteiger partial charge >= 0.3 is 0 Å². The van der Waals surface area contributed by atoms with Gasteiger partial charge in [0.2, 0.25) is 0 Å². The smallest absolute Gasteiger partial charge is 0.269 e. The van der Waals surface area contributed by atoms with Crippen molar-refractivity contribution in [2.45, 2.75) is 12.8 Å². The van der Waals surface area contributed by atoms with Crippen LogP contribution in [0.5, 0.6) is 0 Å². The number of non-ortho nitro benzene ring substituents is 1. The van der Waals surface area contributed by atoms with Crippen LogP contribution >= 0.6 is 0 Å². The fourth-order valence-electron chi connectivity index (χ4n) is 1.54. The summed E-state index contributed by atoms with van der Waals surface area (Å²) in [5, 5.41) is 10.5. The van der Waals surface area contributed by atoms with Crippen molar-refractivity contribution in [2.75, 3.05) is 4.90 Å². The minimum atomic E-state index is -0.391. The summed E-state index contributed by atoms with van der Waals surface area (Å²) in [6.07, 6.45) is 10.2. The summed E-state index contributed by atoms with van der Waals surface area (Å²) in [7, 11) is 0. The van der Waals surface area contributed by atoms with Gasteiger partial charge in [0.15, 0.2) is 0 Å². The summed E-state index contributed by atoms with van der Waals surface area (Å²) in [6.45, 7) is 0. The maximum absolute atomic E-state index is 10.5. The van der Waals surface area contributed by atoms with Gasteiger partial charge in [0.25, 0.3) is 5.69 Å². The Kier molecular flexibility index (Phi) is 3.00. The Bertz CT molecular complexity index is 421. The highest BCUT2D eigenvalue weighted by Gasteiger charge is 2.06. The zero-order valence-electron chi connectivity index (χ0n) is 8.74. The van der Waals surface area contributed by atoms with E-state index in [1.807, 2.05) is 17.3 Å². The van der Waals surface area contributed by atoms with Crippen LogP contribution in [0.4, 0.5) is 11.4 Å². The van der Waals surface area contributed by atoms with Gasteiger partial charge in [-0.3, -0.25) is 10.1 Å². The first-order valence-electron chi connectivity index (χ1n) is 5.13. The lowest BCUT2D eigenvalue weighted by Crippen LogP contribution is -2.05. The Morgan fingerprint density at radius 2 is 1.62 bits per heavy atom. The SMILES string of the molecule is O=[N+]([O-])c1ccc(N2C=CCCC=C2)cc1. The molecule has 1 heterocycles. The average Bonchev–Trinajstić information content (AvgIpc) is 2.57. The molecular weight excluding hydrogens is 204 g/mol. The maximum Gasteiger partial charge on any atom is 0.269 e. The molecule has 0 bridgehead atoms. The molecule has 1 aliphatic heterocycles. The maximum atomic E-state index is 10.5. The number of rotatable bonds is 2. The summed E-state index contributed by atoms with van der Waals surface area (Å²) in [4.78, 5) is 12.1. The fourth-order valence-corrected chi connectivity index (χ4v) is 1.54. The van der Waals surface area contributed by atoms with Gasteiger partial charge in [0, 0.05) is 30.2 Å². The molecule has 0 aromatic heterocycles. The average molecular weight is 216 g/mol. The van der Waals surface area contributed by atoms with E-state index in [0.29, 0.717) is 0 Å². The van der Waals surface area contributed by atoms with Gasteiger partial charge in [-0.05, 0) is 25.0 Å². The second-order valence-electron chi connectivity index (χ2n) is 3.53. The van der Waals surface area contributed by atoms with Crippen LogP contribution in [-0.2, 0) is 0 Å². The lowest BCUT2D eigenvalue weighted by atomic mass is 10.2. The molecule has 4 heteroatoms. The van der Waals surface area contributed by atoms with E-state index in [-0.39, 0.29) is 5.69 Å². The Hall–Kier alpha value is -2.10. The number of hydrogen-bond donors (Lipinski definition) is 0. The molecule has 82 valence electrons. The first-order valence-corrected chi connectivity index (χ1v) is 5.13. The van der Waals surface area contributed by atoms with Crippen molar-refractivity contribution < 1.29 is 4.92 Å². The molecule has 1 aromatic carbocycles. The Labute approximate surface area is 93.6 Å². The van der Waals surface area contributed by atoms with Crippen LogP contribution in [0.25, 0.3) is 0 Å². The van der Waals surface area contributed by atoms with E-state index in [0.717, 1.165) is 18.5 Å². The molecule has 4 nitrogen and oxygen atoms in total. The van der Waals surface area contributed by atoms with E-state index in [9.17, 15) is 10.1 Å². The lowest BCUT2D eigenvalue weighted by molar-refractivity contribution is -0.384. The van der Waals surface area contributed by atoms with Crippen LogP contribution < -0.4 is 4.90 Å². The van der Waals surface area contributed by atoms with Gasteiger partial charge in [-0.2, -0.15) is 0 Å². The van der Waals surface area contributed by atoms with E-state index in [1.165, 1.54) is 12.1 Å². The molecule has 0 N–H and O–H groups in total. The van der Waals surface area contributed by atoms with Crippen LogP contribution in [0, 0.1) is 10.1 Å². The van der Waals surface area contributed by atoms with Gasteiger partial charge in [-0.15, -0.1) is 0 Å². The summed E-state index contributed by atoms with van der Waals surface area (Å²) in [5.41, 5.74) is 1.05. The van der Waals surface area contributed by atoms with Crippen LogP contribution in [0.3, 0.4) is 0 Å². The van der Waals surface area contributed by atoms with Crippen molar-refractivity contribution in [2.24, 2.45) is 0 Å². The van der Waals surface area contributed by atoms with Crippen LogP contribution in [-0.4, -0.2) is 4.92 Å². The quantitative estimate of drug-likeness (QED) is 0.563. The number of nitro benzene ring substituents is 1. The monoisotopic (exact) mass is 216 g/mol. The van der Waals surface area contributed by atoms with Gasteiger partial charge in [-0.1, -0.05) is 12.2 Å². The van der Waals surface area contributed by atoms with Crippen molar-refractivity contribution in [3.63, 3.8) is 0 Å². The minimum absolute atomic E-state index is 0.117. The molecule has 0 aliphatic carbocycles. The topological polar surface area (TPSA) is 46.4 Å². The summed E-state index contributed by atoms with van der Waals surface area (Å²) in [5.74, 6) is 0. The zero-order chi connectivity index (χ0) is 11.4. The van der Waals surface area contributed by atoms with Crippen molar-refractivity contribution in [1.82, 2.24) is 0 Å². The van der Waals surface area contributed by atoms with Crippen molar-refractivity contribution in [1.29, 1.82) is 0 Å². The van der Waals surface area contributed by atoms with Crippen molar-refractivity contribution in [3.8, 4) is 0 Å². The van der Waals surface area contributed by atoms with Crippen LogP contribution in [0.15, 0.2) is 48.8 Å². The third-order valence-corrected chi connectivity index (χ3v) is 2.39. The molecule has 16 heavy (non-hydrogen) atoms. The summed E-state index contributed by atoms with van der Waals surface area (Å²) >= 11 is 0. The second-order valence-corrected chi connectivity index (χ2v) is 3.53. The number of nitrogens with zero attached hydrogens (tertiary/aromatic N) is 2. The lowest BCUT2D eigenvalue weighted by Gasteiger charge is -2.14. The molecule has 1 aromatic rings. The predicted molar refractivity (Wildman–Crippen MR) is 63.1 cm³/mol. The Morgan fingerprint density at radius 1 is 1.06 bits per heavy atom. The molecule has 1 aliphatic rings. The van der Waals surface area contributed by atoms with Crippen molar-refractivity contribution >= 4 is 11.4 Å². The van der Waals surface area contributed by atoms with Crippen molar-refractivity contribution in [3.05, 3.63) is 58.9 Å². The van der Waals surface area contributed by atoms with Gasteiger partial charge in [-0.25, -0.2) is 0 Å². The van der Waals surface area contributed by atoms with Crippen LogP contribution in [0.2, 0.25) is 0 Å². The molecule has 2 rings (SSSR count). The molecule has 0 atom stereocenters. The molecule has 0 radical (unpaired) electrons. The van der Waals surface area contributed by atoms with Gasteiger partial charge < -0.3 is 4.90 Å². The Balaban J connectivity index is 2.23. The van der Waals surface area contributed by atoms with Gasteiger partial charge in [0.05, 0.1) is 4.92 Å². The normalized spacial score (nSPS) is 14.9. The number of anilines is 1. The van der Waals surface area contributed by atoms with E-state index in [1.54, 1.807) is 12.1 Å². The molecule has 0 saturated heterocycles. The minimum Gasteiger partial charge on any atom is -0.325 e. The first kappa shape index (κ1) is 10.4. The van der Waals surface area contributed by atoms with E-state index >= 15 is 0 Å². The van der Waals surface area contributed by atoms with E-state index < -0.39 is 4.92 Å². The highest BCUT2D eigenvalue weighted by atomic mass is 16.6. The number of allylic oxidation sites excluding steroid dienone is 2. The highest BCUT2D eigenvalue weighted by Crippen LogP contribution is 2.21. The fraction of sp³-hybridized carbons (Fsp3) is 0.167. The van der Waals surface area contributed by atoms with E-state index in [4.69, 9.17) is 0 Å². The Morgan fingerprint density at radius 3 is 2.12 bits per heavy atom. The first-order chi connectivity index (χ1) is 7.77. The molecule has 0 spiro atoms. The largest absolute Gasteiger partial charge is 0.325 e. The highest BCUT2D eigenvalue weighted by molar-refractivity contribution is 5.55. The van der Waals surface area contributed by atoms with Crippen LogP contribution in [0.1, 0.15) is 12.8 Å². The zero-order valence-corrected chi connectivity index (χ0v) is 8.74. The predicted octanol–water partition coefficient (Wildman–Crippen LogP) is 3.22. The molecule has 0 fully saturated rings. The molecule has 0 unspecified atom stereocenters. The second kappa shape index (κ2) is 4.61.